The van der Waals surface area contributed by atoms with E-state index < -0.39 is 0 Å². The van der Waals surface area contributed by atoms with Crippen LogP contribution in [0.25, 0.3) is 5.69 Å². The first-order valence-corrected chi connectivity index (χ1v) is 8.34. The molecule has 0 amide bonds. The maximum absolute atomic E-state index is 12.7. The number of nitrogens with zero attached hydrogens (tertiary/aromatic N) is 2. The third kappa shape index (κ3) is 3.47. The molecule has 0 atom stereocenters. The predicted octanol–water partition coefficient (Wildman–Crippen LogP) is 4.25. The minimum Gasteiger partial charge on any atom is -0.506 e. The minimum atomic E-state index is -0.294. The monoisotopic (exact) mass is 391 g/mol. The zero-order valence-electron chi connectivity index (χ0n) is 14.0. The van der Waals surface area contributed by atoms with Gasteiger partial charge in [0.1, 0.15) is 17.2 Å². The Bertz CT molecular complexity index is 1050. The van der Waals surface area contributed by atoms with E-state index in [2.05, 4.69) is 10.1 Å². The van der Waals surface area contributed by atoms with Crippen LogP contribution in [0.3, 0.4) is 0 Å². The van der Waals surface area contributed by atoms with Crippen LogP contribution in [0.1, 0.15) is 11.3 Å². The van der Waals surface area contributed by atoms with Crippen molar-refractivity contribution in [2.24, 2.45) is 4.99 Å². The summed E-state index contributed by atoms with van der Waals surface area (Å²) in [6, 6.07) is 9.51. The third-order valence-electron chi connectivity index (χ3n) is 3.78. The smallest absolute Gasteiger partial charge is 0.280 e. The SMILES string of the molecule is COc1cc(-n2[nH]c(C)c(C=Nc3cc(Cl)ccc3O)c2=O)ccc1Cl. The van der Waals surface area contributed by atoms with Gasteiger partial charge in [-0.2, -0.15) is 0 Å². The number of phenols is 1. The minimum absolute atomic E-state index is 0.0263. The number of rotatable bonds is 4. The number of methoxy groups -OCH3 is 1. The van der Waals surface area contributed by atoms with Gasteiger partial charge in [0, 0.05) is 23.0 Å². The van der Waals surface area contributed by atoms with Crippen molar-refractivity contribution in [1.82, 2.24) is 9.78 Å². The molecule has 0 aliphatic rings. The molecule has 0 aliphatic heterocycles. The quantitative estimate of drug-likeness (QED) is 0.652. The number of H-pyrrole nitrogens is 1. The number of aromatic amines is 1. The van der Waals surface area contributed by atoms with Crippen LogP contribution in [-0.4, -0.2) is 28.2 Å². The highest BCUT2D eigenvalue weighted by Gasteiger charge is 2.12. The molecule has 0 saturated carbocycles. The van der Waals surface area contributed by atoms with Crippen molar-refractivity contribution in [1.29, 1.82) is 0 Å². The maximum Gasteiger partial charge on any atom is 0.280 e. The lowest BCUT2D eigenvalue weighted by atomic mass is 10.2. The number of nitrogens with one attached hydrogen (secondary N) is 1. The number of halogens is 2. The Morgan fingerprint density at radius 1 is 1.23 bits per heavy atom. The summed E-state index contributed by atoms with van der Waals surface area (Å²) in [4.78, 5) is 16.9. The van der Waals surface area contributed by atoms with Crippen molar-refractivity contribution in [2.45, 2.75) is 6.92 Å². The number of benzene rings is 2. The van der Waals surface area contributed by atoms with Gasteiger partial charge in [0.15, 0.2) is 0 Å². The second kappa shape index (κ2) is 7.27. The van der Waals surface area contributed by atoms with E-state index in [1.165, 1.54) is 30.1 Å². The van der Waals surface area contributed by atoms with E-state index in [4.69, 9.17) is 27.9 Å². The van der Waals surface area contributed by atoms with Crippen molar-refractivity contribution in [2.75, 3.05) is 7.11 Å². The largest absolute Gasteiger partial charge is 0.506 e. The number of aromatic hydroxyl groups is 1. The van der Waals surface area contributed by atoms with Crippen molar-refractivity contribution >= 4 is 35.1 Å². The molecule has 2 aromatic carbocycles. The van der Waals surface area contributed by atoms with Crippen molar-refractivity contribution in [3.8, 4) is 17.2 Å². The lowest BCUT2D eigenvalue weighted by Crippen LogP contribution is -2.17. The standard InChI is InChI=1S/C18H15Cl2N3O3/c1-10-13(9-21-15-7-11(19)3-6-16(15)24)18(25)23(22-10)12-4-5-14(20)17(8-12)26-2/h3-9,22,24H,1-2H3. The van der Waals surface area contributed by atoms with Gasteiger partial charge in [-0.3, -0.25) is 14.9 Å². The van der Waals surface area contributed by atoms with Crippen LogP contribution < -0.4 is 10.3 Å². The second-order valence-corrected chi connectivity index (χ2v) is 6.34. The molecular weight excluding hydrogens is 377 g/mol. The highest BCUT2D eigenvalue weighted by Crippen LogP contribution is 2.29. The predicted molar refractivity (Wildman–Crippen MR) is 103 cm³/mol. The van der Waals surface area contributed by atoms with Gasteiger partial charge in [-0.15, -0.1) is 0 Å². The first-order valence-electron chi connectivity index (χ1n) is 7.59. The summed E-state index contributed by atoms with van der Waals surface area (Å²) in [7, 11) is 1.50. The van der Waals surface area contributed by atoms with Crippen molar-refractivity contribution < 1.29 is 9.84 Å². The van der Waals surface area contributed by atoms with Crippen molar-refractivity contribution in [3.05, 3.63) is 68.1 Å². The Balaban J connectivity index is 2.02. The fourth-order valence-electron chi connectivity index (χ4n) is 2.42. The van der Waals surface area contributed by atoms with Gasteiger partial charge in [0.05, 0.1) is 23.4 Å². The van der Waals surface area contributed by atoms with E-state index in [9.17, 15) is 9.90 Å². The van der Waals surface area contributed by atoms with Crippen LogP contribution in [0.5, 0.6) is 11.5 Å². The lowest BCUT2D eigenvalue weighted by Gasteiger charge is -2.06. The van der Waals surface area contributed by atoms with Gasteiger partial charge < -0.3 is 9.84 Å². The molecule has 3 aromatic rings. The summed E-state index contributed by atoms with van der Waals surface area (Å²) >= 11 is 11.9. The van der Waals surface area contributed by atoms with E-state index in [-0.39, 0.29) is 17.0 Å². The Hall–Kier alpha value is -2.70. The maximum atomic E-state index is 12.7. The average Bonchev–Trinajstić information content (AvgIpc) is 2.90. The molecule has 134 valence electrons. The van der Waals surface area contributed by atoms with E-state index in [1.807, 2.05) is 0 Å². The number of ether oxygens (including phenoxy) is 1. The van der Waals surface area contributed by atoms with Crippen LogP contribution in [0.2, 0.25) is 10.0 Å². The molecule has 0 aliphatic carbocycles. The first kappa shape index (κ1) is 18.1. The van der Waals surface area contributed by atoms with Crippen LogP contribution in [0, 0.1) is 6.92 Å². The van der Waals surface area contributed by atoms with Gasteiger partial charge in [0.25, 0.3) is 5.56 Å². The molecule has 2 N–H and O–H groups in total. The number of aryl methyl sites for hydroxylation is 1. The normalized spacial score (nSPS) is 11.2. The fraction of sp³-hybridized carbons (Fsp3) is 0.111. The topological polar surface area (TPSA) is 79.6 Å². The summed E-state index contributed by atoms with van der Waals surface area (Å²) < 4.78 is 6.55. The number of aliphatic imine (C=N–C) groups is 1. The van der Waals surface area contributed by atoms with Crippen LogP contribution >= 0.6 is 23.2 Å². The van der Waals surface area contributed by atoms with Gasteiger partial charge in [-0.25, -0.2) is 4.68 Å². The molecule has 0 bridgehead atoms. The number of hydrogen-bond acceptors (Lipinski definition) is 4. The summed E-state index contributed by atoms with van der Waals surface area (Å²) in [5.74, 6) is 0.434. The summed E-state index contributed by atoms with van der Waals surface area (Å²) in [6.07, 6.45) is 1.39. The zero-order valence-corrected chi connectivity index (χ0v) is 15.5. The van der Waals surface area contributed by atoms with E-state index in [0.29, 0.717) is 32.7 Å². The van der Waals surface area contributed by atoms with Crippen molar-refractivity contribution in [3.63, 3.8) is 0 Å². The van der Waals surface area contributed by atoms with Crippen LogP contribution in [0.4, 0.5) is 5.69 Å². The summed E-state index contributed by atoms with van der Waals surface area (Å²) in [5, 5.41) is 13.7. The lowest BCUT2D eigenvalue weighted by molar-refractivity contribution is 0.414. The van der Waals surface area contributed by atoms with E-state index in [0.717, 1.165) is 0 Å². The van der Waals surface area contributed by atoms with Gasteiger partial charge in [0.2, 0.25) is 0 Å². The van der Waals surface area contributed by atoms with Gasteiger partial charge >= 0.3 is 0 Å². The molecular formula is C18H15Cl2N3O3. The molecule has 1 aromatic heterocycles. The molecule has 0 spiro atoms. The second-order valence-electron chi connectivity index (χ2n) is 5.50. The van der Waals surface area contributed by atoms with Gasteiger partial charge in [-0.1, -0.05) is 23.2 Å². The number of phenolic OH excluding ortho intramolecular Hbond substituents is 1. The highest BCUT2D eigenvalue weighted by molar-refractivity contribution is 6.32. The van der Waals surface area contributed by atoms with Gasteiger partial charge in [-0.05, 0) is 37.3 Å². The molecule has 0 saturated heterocycles. The van der Waals surface area contributed by atoms with Crippen LogP contribution in [0.15, 0.2) is 46.2 Å². The molecule has 8 heteroatoms. The molecule has 1 heterocycles. The Morgan fingerprint density at radius 2 is 2.00 bits per heavy atom. The Morgan fingerprint density at radius 3 is 2.73 bits per heavy atom. The number of aromatic nitrogens is 2. The number of hydrogen-bond donors (Lipinski definition) is 2. The molecule has 0 unspecified atom stereocenters. The molecule has 3 rings (SSSR count). The van der Waals surface area contributed by atoms with Crippen LogP contribution in [-0.2, 0) is 0 Å². The van der Waals surface area contributed by atoms with E-state index >= 15 is 0 Å². The summed E-state index contributed by atoms with van der Waals surface area (Å²) in [6.45, 7) is 1.75. The molecule has 6 nitrogen and oxygen atoms in total. The zero-order chi connectivity index (χ0) is 18.8. The Kier molecular flexibility index (Phi) is 5.06. The first-order chi connectivity index (χ1) is 12.4. The third-order valence-corrected chi connectivity index (χ3v) is 4.33. The van der Waals surface area contributed by atoms with E-state index in [1.54, 1.807) is 31.2 Å². The Labute approximate surface area is 159 Å². The molecule has 26 heavy (non-hydrogen) atoms. The highest BCUT2D eigenvalue weighted by atomic mass is 35.5. The molecule has 0 fully saturated rings. The fourth-order valence-corrected chi connectivity index (χ4v) is 2.78. The average molecular weight is 392 g/mol. The summed E-state index contributed by atoms with van der Waals surface area (Å²) in [5.41, 5.74) is 1.53. The molecule has 0 radical (unpaired) electrons.